The first kappa shape index (κ1) is 17.6. The van der Waals surface area contributed by atoms with Gasteiger partial charge in [-0.25, -0.2) is 0 Å². The fraction of sp³-hybridized carbons (Fsp3) is 0.182. The average Bonchev–Trinajstić information content (AvgIpc) is 2.64. The van der Waals surface area contributed by atoms with E-state index in [0.29, 0.717) is 13.2 Å². The van der Waals surface area contributed by atoms with Gasteiger partial charge in [0, 0.05) is 10.9 Å². The lowest BCUT2D eigenvalue weighted by Gasteiger charge is -2.13. The zero-order valence-electron chi connectivity index (χ0n) is 14.2. The summed E-state index contributed by atoms with van der Waals surface area (Å²) in [6, 6.07) is 24.6. The van der Waals surface area contributed by atoms with Crippen molar-refractivity contribution in [1.29, 1.82) is 0 Å². The van der Waals surface area contributed by atoms with Gasteiger partial charge in [0.05, 0.1) is 6.61 Å². The van der Waals surface area contributed by atoms with Crippen molar-refractivity contribution >= 4 is 15.9 Å². The van der Waals surface area contributed by atoms with Crippen LogP contribution in [0.2, 0.25) is 0 Å². The maximum absolute atomic E-state index is 6.07. The fourth-order valence-corrected chi connectivity index (χ4v) is 3.06. The normalized spacial score (nSPS) is 10.5. The van der Waals surface area contributed by atoms with E-state index in [9.17, 15) is 0 Å². The number of rotatable bonds is 7. The fourth-order valence-electron chi connectivity index (χ4n) is 2.65. The third-order valence-electron chi connectivity index (χ3n) is 3.89. The molecule has 3 aromatic rings. The Balaban J connectivity index is 1.74. The molecule has 0 aromatic heterocycles. The lowest BCUT2D eigenvalue weighted by Crippen LogP contribution is -1.99. The predicted octanol–water partition coefficient (Wildman–Crippen LogP) is 6.02. The van der Waals surface area contributed by atoms with Gasteiger partial charge in [0.25, 0.3) is 0 Å². The summed E-state index contributed by atoms with van der Waals surface area (Å²) in [6.07, 6.45) is 0.815. The molecule has 0 saturated heterocycles. The van der Waals surface area contributed by atoms with Crippen LogP contribution >= 0.6 is 15.9 Å². The van der Waals surface area contributed by atoms with Crippen LogP contribution in [0.4, 0.5) is 0 Å². The summed E-state index contributed by atoms with van der Waals surface area (Å²) in [5.74, 6) is 1.82. The van der Waals surface area contributed by atoms with Gasteiger partial charge < -0.3 is 9.47 Å². The van der Waals surface area contributed by atoms with Gasteiger partial charge in [-0.15, -0.1) is 0 Å². The van der Waals surface area contributed by atoms with Crippen molar-refractivity contribution in [3.05, 3.63) is 94.0 Å². The van der Waals surface area contributed by atoms with E-state index >= 15 is 0 Å². The first-order chi connectivity index (χ1) is 12.2. The highest BCUT2D eigenvalue weighted by Crippen LogP contribution is 2.27. The van der Waals surface area contributed by atoms with Gasteiger partial charge in [-0.1, -0.05) is 58.4 Å². The lowest BCUT2D eigenvalue weighted by molar-refractivity contribution is 0.303. The molecule has 3 aromatic carbocycles. The van der Waals surface area contributed by atoms with E-state index in [1.165, 1.54) is 5.56 Å². The maximum atomic E-state index is 6.07. The standard InChI is InChI=1S/C22H21BrO2/c1-2-24-21-11-8-17(9-12-21)14-19-15-20(23)10-13-22(19)25-16-18-6-4-3-5-7-18/h3-13,15H,2,14,16H2,1H3. The van der Waals surface area contributed by atoms with Gasteiger partial charge in [-0.3, -0.25) is 0 Å². The molecular formula is C22H21BrO2. The quantitative estimate of drug-likeness (QED) is 0.486. The van der Waals surface area contributed by atoms with Crippen molar-refractivity contribution in [3.63, 3.8) is 0 Å². The van der Waals surface area contributed by atoms with E-state index < -0.39 is 0 Å². The molecule has 25 heavy (non-hydrogen) atoms. The SMILES string of the molecule is CCOc1ccc(Cc2cc(Br)ccc2OCc2ccccc2)cc1. The molecule has 0 fully saturated rings. The number of benzene rings is 3. The molecule has 0 saturated carbocycles. The third kappa shape index (κ3) is 5.10. The van der Waals surface area contributed by atoms with Gasteiger partial charge in [0.2, 0.25) is 0 Å². The van der Waals surface area contributed by atoms with Crippen molar-refractivity contribution in [3.8, 4) is 11.5 Å². The second-order valence-corrected chi connectivity index (χ2v) is 6.70. The van der Waals surface area contributed by atoms with Crippen molar-refractivity contribution in [2.45, 2.75) is 20.0 Å². The summed E-state index contributed by atoms with van der Waals surface area (Å²) in [6.45, 7) is 3.24. The van der Waals surface area contributed by atoms with Crippen LogP contribution in [-0.2, 0) is 13.0 Å². The lowest BCUT2D eigenvalue weighted by atomic mass is 10.0. The summed E-state index contributed by atoms with van der Waals surface area (Å²) in [7, 11) is 0. The summed E-state index contributed by atoms with van der Waals surface area (Å²) in [5, 5.41) is 0. The van der Waals surface area contributed by atoms with Crippen molar-refractivity contribution in [1.82, 2.24) is 0 Å². The molecule has 0 heterocycles. The Bertz CT molecular complexity index is 798. The summed E-state index contributed by atoms with van der Waals surface area (Å²) in [5.41, 5.74) is 3.55. The average molecular weight is 397 g/mol. The van der Waals surface area contributed by atoms with Gasteiger partial charge >= 0.3 is 0 Å². The predicted molar refractivity (Wildman–Crippen MR) is 105 cm³/mol. The van der Waals surface area contributed by atoms with Crippen LogP contribution in [0.5, 0.6) is 11.5 Å². The van der Waals surface area contributed by atoms with E-state index in [2.05, 4.69) is 46.3 Å². The largest absolute Gasteiger partial charge is 0.494 e. The van der Waals surface area contributed by atoms with Gasteiger partial charge in [-0.2, -0.15) is 0 Å². The molecule has 0 spiro atoms. The summed E-state index contributed by atoms with van der Waals surface area (Å²) < 4.78 is 12.6. The molecule has 0 unspecified atom stereocenters. The monoisotopic (exact) mass is 396 g/mol. The smallest absolute Gasteiger partial charge is 0.123 e. The Morgan fingerprint density at radius 3 is 2.28 bits per heavy atom. The van der Waals surface area contributed by atoms with Crippen LogP contribution in [0.1, 0.15) is 23.6 Å². The van der Waals surface area contributed by atoms with Crippen molar-refractivity contribution in [2.24, 2.45) is 0 Å². The summed E-state index contributed by atoms with van der Waals surface area (Å²) >= 11 is 3.56. The minimum atomic E-state index is 0.568. The van der Waals surface area contributed by atoms with Crippen LogP contribution in [0.15, 0.2) is 77.3 Å². The first-order valence-corrected chi connectivity index (χ1v) is 9.21. The molecule has 0 bridgehead atoms. The minimum Gasteiger partial charge on any atom is -0.494 e. The van der Waals surface area contributed by atoms with Gasteiger partial charge in [0.1, 0.15) is 18.1 Å². The number of hydrogen-bond donors (Lipinski definition) is 0. The number of ether oxygens (including phenoxy) is 2. The number of hydrogen-bond acceptors (Lipinski definition) is 2. The first-order valence-electron chi connectivity index (χ1n) is 8.41. The van der Waals surface area contributed by atoms with E-state index in [0.717, 1.165) is 33.5 Å². The molecule has 2 nitrogen and oxygen atoms in total. The Labute approximate surface area is 157 Å². The van der Waals surface area contributed by atoms with Crippen LogP contribution in [0.25, 0.3) is 0 Å². The highest BCUT2D eigenvalue weighted by Gasteiger charge is 2.07. The van der Waals surface area contributed by atoms with Crippen LogP contribution < -0.4 is 9.47 Å². The Hall–Kier alpha value is -2.26. The van der Waals surface area contributed by atoms with Crippen LogP contribution in [0.3, 0.4) is 0 Å². The molecule has 0 N–H and O–H groups in total. The second-order valence-electron chi connectivity index (χ2n) is 5.78. The molecule has 128 valence electrons. The van der Waals surface area contributed by atoms with E-state index in [1.807, 2.05) is 49.4 Å². The van der Waals surface area contributed by atoms with E-state index in [-0.39, 0.29) is 0 Å². The number of halogens is 1. The molecule has 0 amide bonds. The Morgan fingerprint density at radius 1 is 0.800 bits per heavy atom. The Kier molecular flexibility index (Phi) is 6.13. The highest BCUT2D eigenvalue weighted by molar-refractivity contribution is 9.10. The molecule has 3 rings (SSSR count). The summed E-state index contributed by atoms with van der Waals surface area (Å²) in [4.78, 5) is 0. The zero-order chi connectivity index (χ0) is 17.5. The molecule has 0 aliphatic heterocycles. The third-order valence-corrected chi connectivity index (χ3v) is 4.38. The van der Waals surface area contributed by atoms with Crippen LogP contribution in [0, 0.1) is 0 Å². The molecule has 3 heteroatoms. The molecular weight excluding hydrogens is 376 g/mol. The molecule has 0 atom stereocenters. The Morgan fingerprint density at radius 2 is 1.56 bits per heavy atom. The highest BCUT2D eigenvalue weighted by atomic mass is 79.9. The molecule has 0 radical (unpaired) electrons. The molecule has 0 aliphatic carbocycles. The minimum absolute atomic E-state index is 0.568. The van der Waals surface area contributed by atoms with E-state index in [4.69, 9.17) is 9.47 Å². The van der Waals surface area contributed by atoms with E-state index in [1.54, 1.807) is 0 Å². The van der Waals surface area contributed by atoms with Crippen molar-refractivity contribution < 1.29 is 9.47 Å². The maximum Gasteiger partial charge on any atom is 0.123 e. The second kappa shape index (κ2) is 8.72. The van der Waals surface area contributed by atoms with Gasteiger partial charge in [0.15, 0.2) is 0 Å². The van der Waals surface area contributed by atoms with Crippen molar-refractivity contribution in [2.75, 3.05) is 6.61 Å². The zero-order valence-corrected chi connectivity index (χ0v) is 15.8. The topological polar surface area (TPSA) is 18.5 Å². The van der Waals surface area contributed by atoms with Gasteiger partial charge in [-0.05, 0) is 53.9 Å². The van der Waals surface area contributed by atoms with Crippen LogP contribution in [-0.4, -0.2) is 6.61 Å². The molecule has 0 aliphatic rings.